The molecule has 0 aromatic carbocycles. The second-order valence-corrected chi connectivity index (χ2v) is 4.46. The molecule has 0 fully saturated rings. The highest BCUT2D eigenvalue weighted by atomic mass is 16.4. The molecule has 2 atom stereocenters. The van der Waals surface area contributed by atoms with Crippen molar-refractivity contribution in [3.05, 3.63) is 27.9 Å². The fourth-order valence-corrected chi connectivity index (χ4v) is 2.34. The van der Waals surface area contributed by atoms with Crippen LogP contribution in [0.25, 0.3) is 0 Å². The van der Waals surface area contributed by atoms with Crippen LogP contribution in [0.5, 0.6) is 0 Å². The minimum Gasteiger partial charge on any atom is -0.477 e. The number of aromatic carboxylic acids is 1. The van der Waals surface area contributed by atoms with Crippen LogP contribution >= 0.6 is 0 Å². The Morgan fingerprint density at radius 1 is 1.56 bits per heavy atom. The molecule has 86 valence electrons. The number of nitrogens with zero attached hydrogens (tertiary/aromatic N) is 2. The van der Waals surface area contributed by atoms with Gasteiger partial charge in [-0.1, -0.05) is 6.92 Å². The van der Waals surface area contributed by atoms with Crippen LogP contribution in [0, 0.1) is 5.92 Å². The lowest BCUT2D eigenvalue weighted by molar-refractivity contribution is 0.0693. The van der Waals surface area contributed by atoms with Gasteiger partial charge >= 0.3 is 5.97 Å². The Hall–Kier alpha value is -1.65. The number of carboxylic acids is 1. The van der Waals surface area contributed by atoms with E-state index in [-0.39, 0.29) is 11.6 Å². The smallest absolute Gasteiger partial charge is 0.342 e. The van der Waals surface area contributed by atoms with E-state index in [0.717, 1.165) is 12.8 Å². The van der Waals surface area contributed by atoms with E-state index >= 15 is 0 Å². The third-order valence-corrected chi connectivity index (χ3v) is 3.02. The predicted molar refractivity (Wildman–Crippen MR) is 57.7 cm³/mol. The largest absolute Gasteiger partial charge is 0.477 e. The highest BCUT2D eigenvalue weighted by molar-refractivity contribution is 5.86. The summed E-state index contributed by atoms with van der Waals surface area (Å²) in [6, 6.07) is 0.0260. The van der Waals surface area contributed by atoms with Crippen molar-refractivity contribution < 1.29 is 9.90 Å². The summed E-state index contributed by atoms with van der Waals surface area (Å²) in [5, 5.41) is 8.85. The van der Waals surface area contributed by atoms with E-state index in [0.29, 0.717) is 11.7 Å². The van der Waals surface area contributed by atoms with Crippen molar-refractivity contribution in [2.24, 2.45) is 5.92 Å². The molecule has 5 nitrogen and oxygen atoms in total. The van der Waals surface area contributed by atoms with Crippen LogP contribution in [-0.4, -0.2) is 20.6 Å². The zero-order valence-electron chi connectivity index (χ0n) is 9.30. The van der Waals surface area contributed by atoms with Crippen LogP contribution < -0.4 is 5.56 Å². The highest BCUT2D eigenvalue weighted by Gasteiger charge is 2.25. The molecule has 2 unspecified atom stereocenters. The second kappa shape index (κ2) is 3.73. The molecule has 1 aromatic rings. The molecule has 0 radical (unpaired) electrons. The van der Waals surface area contributed by atoms with Crippen LogP contribution in [-0.2, 0) is 6.42 Å². The molecule has 1 aromatic heterocycles. The third-order valence-electron chi connectivity index (χ3n) is 3.02. The monoisotopic (exact) mass is 222 g/mol. The third kappa shape index (κ3) is 1.62. The molecule has 16 heavy (non-hydrogen) atoms. The van der Waals surface area contributed by atoms with Crippen molar-refractivity contribution >= 4 is 5.97 Å². The lowest BCUT2D eigenvalue weighted by atomic mass is 9.94. The maximum absolute atomic E-state index is 11.9. The SMILES string of the molecule is CC1Cc2ncc(C(=O)O)c(=O)n2C(C)C1. The van der Waals surface area contributed by atoms with Gasteiger partial charge in [-0.05, 0) is 19.3 Å². The van der Waals surface area contributed by atoms with E-state index in [1.807, 2.05) is 6.92 Å². The van der Waals surface area contributed by atoms with Gasteiger partial charge in [-0.15, -0.1) is 0 Å². The minimum absolute atomic E-state index is 0.0260. The van der Waals surface area contributed by atoms with Crippen molar-refractivity contribution in [2.45, 2.75) is 32.7 Å². The zero-order chi connectivity index (χ0) is 11.9. The van der Waals surface area contributed by atoms with Gasteiger partial charge in [-0.2, -0.15) is 0 Å². The summed E-state index contributed by atoms with van der Waals surface area (Å²) in [4.78, 5) is 26.8. The molecule has 2 rings (SSSR count). The molecule has 5 heteroatoms. The molecular formula is C11H14N2O3. The fraction of sp³-hybridized carbons (Fsp3) is 0.545. The molecule has 1 N–H and O–H groups in total. The quantitative estimate of drug-likeness (QED) is 0.771. The topological polar surface area (TPSA) is 72.2 Å². The number of rotatable bonds is 1. The lowest BCUT2D eigenvalue weighted by Gasteiger charge is -2.28. The number of carbonyl (C=O) groups is 1. The summed E-state index contributed by atoms with van der Waals surface area (Å²) in [6.07, 6.45) is 2.79. The number of fused-ring (bicyclic) bond motifs is 1. The van der Waals surface area contributed by atoms with E-state index in [4.69, 9.17) is 5.11 Å². The molecule has 2 heterocycles. The first-order valence-corrected chi connectivity index (χ1v) is 5.34. The van der Waals surface area contributed by atoms with E-state index in [1.165, 1.54) is 10.8 Å². The standard InChI is InChI=1S/C11H14N2O3/c1-6-3-7(2)13-9(4-6)12-5-8(10(13)14)11(15)16/h5-7H,3-4H2,1-2H3,(H,15,16). The molecule has 0 aliphatic carbocycles. The Morgan fingerprint density at radius 3 is 2.88 bits per heavy atom. The van der Waals surface area contributed by atoms with Crippen molar-refractivity contribution in [3.63, 3.8) is 0 Å². The first-order valence-electron chi connectivity index (χ1n) is 5.34. The van der Waals surface area contributed by atoms with Gasteiger partial charge in [-0.3, -0.25) is 9.36 Å². The van der Waals surface area contributed by atoms with Gasteiger partial charge in [0, 0.05) is 18.7 Å². The summed E-state index contributed by atoms with van der Waals surface area (Å²) in [5.74, 6) is -0.0301. The van der Waals surface area contributed by atoms with Crippen molar-refractivity contribution in [3.8, 4) is 0 Å². The fourth-order valence-electron chi connectivity index (χ4n) is 2.34. The van der Waals surface area contributed by atoms with Crippen molar-refractivity contribution in [2.75, 3.05) is 0 Å². The van der Waals surface area contributed by atoms with Gasteiger partial charge in [0.25, 0.3) is 5.56 Å². The maximum Gasteiger partial charge on any atom is 0.342 e. The van der Waals surface area contributed by atoms with Crippen LogP contribution in [0.1, 0.15) is 42.5 Å². The minimum atomic E-state index is -1.21. The Labute approximate surface area is 92.7 Å². The summed E-state index contributed by atoms with van der Waals surface area (Å²) < 4.78 is 1.52. The molecule has 0 bridgehead atoms. The number of hydrogen-bond acceptors (Lipinski definition) is 3. The lowest BCUT2D eigenvalue weighted by Crippen LogP contribution is -2.36. The normalized spacial score (nSPS) is 23.9. The van der Waals surface area contributed by atoms with Crippen molar-refractivity contribution in [1.82, 2.24) is 9.55 Å². The van der Waals surface area contributed by atoms with Gasteiger partial charge in [0.05, 0.1) is 0 Å². The number of aromatic nitrogens is 2. The number of carboxylic acid groups (broad SMARTS) is 1. The van der Waals surface area contributed by atoms with E-state index < -0.39 is 11.5 Å². The molecule has 0 spiro atoms. The van der Waals surface area contributed by atoms with Crippen LogP contribution in [0.15, 0.2) is 11.0 Å². The average Bonchev–Trinajstić information content (AvgIpc) is 2.15. The van der Waals surface area contributed by atoms with E-state index in [1.54, 1.807) is 0 Å². The van der Waals surface area contributed by atoms with Gasteiger partial charge in [-0.25, -0.2) is 9.78 Å². The Bertz CT molecular complexity index is 492. The summed E-state index contributed by atoms with van der Waals surface area (Å²) >= 11 is 0. The predicted octanol–water partition coefficient (Wildman–Crippen LogP) is 1.08. The highest BCUT2D eigenvalue weighted by Crippen LogP contribution is 2.25. The van der Waals surface area contributed by atoms with E-state index in [2.05, 4.69) is 11.9 Å². The van der Waals surface area contributed by atoms with Gasteiger partial charge in [0.1, 0.15) is 11.4 Å². The molecule has 0 amide bonds. The van der Waals surface area contributed by atoms with Crippen LogP contribution in [0.4, 0.5) is 0 Å². The Kier molecular flexibility index (Phi) is 2.53. The van der Waals surface area contributed by atoms with Crippen LogP contribution in [0.2, 0.25) is 0 Å². The Morgan fingerprint density at radius 2 is 2.25 bits per heavy atom. The first-order chi connectivity index (χ1) is 7.50. The van der Waals surface area contributed by atoms with Crippen molar-refractivity contribution in [1.29, 1.82) is 0 Å². The molecule has 0 saturated heterocycles. The maximum atomic E-state index is 11.9. The average molecular weight is 222 g/mol. The molecule has 1 aliphatic heterocycles. The van der Waals surface area contributed by atoms with E-state index in [9.17, 15) is 9.59 Å². The number of hydrogen-bond donors (Lipinski definition) is 1. The van der Waals surface area contributed by atoms with Gasteiger partial charge < -0.3 is 5.11 Å². The first kappa shape index (κ1) is 10.9. The summed E-state index contributed by atoms with van der Waals surface area (Å²) in [6.45, 7) is 4.03. The van der Waals surface area contributed by atoms with Crippen LogP contribution in [0.3, 0.4) is 0 Å². The molecule has 1 aliphatic rings. The summed E-state index contributed by atoms with van der Waals surface area (Å²) in [7, 11) is 0. The van der Waals surface area contributed by atoms with Gasteiger partial charge in [0.15, 0.2) is 0 Å². The second-order valence-electron chi connectivity index (χ2n) is 4.46. The zero-order valence-corrected chi connectivity index (χ0v) is 9.30. The molecular weight excluding hydrogens is 208 g/mol. The summed E-state index contributed by atoms with van der Waals surface area (Å²) in [5.41, 5.74) is -0.679. The van der Waals surface area contributed by atoms with Gasteiger partial charge in [0.2, 0.25) is 0 Å². The molecule has 0 saturated carbocycles. The Balaban J connectivity index is 2.61.